The Morgan fingerprint density at radius 1 is 1.05 bits per heavy atom. The number of hydrogen-bond acceptors (Lipinski definition) is 5. The van der Waals surface area contributed by atoms with Gasteiger partial charge in [0, 0.05) is 6.42 Å². The Balaban J connectivity index is 0. The Hall–Kier alpha value is -0.650. The van der Waals surface area contributed by atoms with Crippen molar-refractivity contribution < 1.29 is 24.9 Å². The van der Waals surface area contributed by atoms with Gasteiger partial charge in [0.05, 0.1) is 19.3 Å². The van der Waals surface area contributed by atoms with Crippen molar-refractivity contribution in [3.05, 3.63) is 0 Å². The van der Waals surface area contributed by atoms with Crippen LogP contribution in [0.25, 0.3) is 0 Å². The third kappa shape index (κ3) is 17.4. The summed E-state index contributed by atoms with van der Waals surface area (Å²) in [5.74, 6) is -0.0316. The molecule has 0 rings (SSSR count). The van der Waals surface area contributed by atoms with Crippen LogP contribution in [0.2, 0.25) is 0 Å². The highest BCUT2D eigenvalue weighted by atomic mass is 16.5. The van der Waals surface area contributed by atoms with Crippen molar-refractivity contribution in [3.63, 3.8) is 0 Å². The van der Waals surface area contributed by atoms with E-state index in [1.54, 1.807) is 0 Å². The molecule has 0 amide bonds. The molecule has 0 radical (unpaired) electrons. The average molecular weight is 292 g/mol. The second kappa shape index (κ2) is 16.4. The molecule has 20 heavy (non-hydrogen) atoms. The van der Waals surface area contributed by atoms with Crippen LogP contribution in [0, 0.1) is 0 Å². The third-order valence-corrected chi connectivity index (χ3v) is 2.81. The smallest absolute Gasteiger partial charge is 0.306 e. The summed E-state index contributed by atoms with van der Waals surface area (Å²) < 4.78 is 5.17. The van der Waals surface area contributed by atoms with Gasteiger partial charge in [0.15, 0.2) is 0 Å². The molecule has 1 unspecified atom stereocenters. The maximum absolute atomic E-state index is 11.2. The molecule has 5 heteroatoms. The van der Waals surface area contributed by atoms with E-state index >= 15 is 0 Å². The Bertz CT molecular complexity index is 204. The van der Waals surface area contributed by atoms with E-state index in [1.807, 2.05) is 13.8 Å². The number of rotatable bonds is 10. The molecule has 0 fully saturated rings. The van der Waals surface area contributed by atoms with Gasteiger partial charge in [0.1, 0.15) is 6.10 Å². The fourth-order valence-corrected chi connectivity index (χ4v) is 1.30. The summed E-state index contributed by atoms with van der Waals surface area (Å²) in [6, 6.07) is 0. The van der Waals surface area contributed by atoms with Crippen LogP contribution < -0.4 is 0 Å². The number of carbonyl (C=O) groups excluding carboxylic acids is 1. The van der Waals surface area contributed by atoms with E-state index in [0.29, 0.717) is 6.42 Å². The highest BCUT2D eigenvalue weighted by Gasteiger charge is 2.06. The molecule has 0 aliphatic rings. The van der Waals surface area contributed by atoms with E-state index in [0.717, 1.165) is 19.3 Å². The van der Waals surface area contributed by atoms with Crippen LogP contribution in [0.4, 0.5) is 0 Å². The van der Waals surface area contributed by atoms with Gasteiger partial charge in [-0.1, -0.05) is 39.5 Å². The van der Waals surface area contributed by atoms with E-state index in [4.69, 9.17) is 20.1 Å². The lowest BCUT2D eigenvalue weighted by molar-refractivity contribution is -0.148. The van der Waals surface area contributed by atoms with Gasteiger partial charge >= 0.3 is 5.97 Å². The van der Waals surface area contributed by atoms with Crippen molar-refractivity contribution in [1.29, 1.82) is 0 Å². The molecule has 0 aliphatic heterocycles. The average Bonchev–Trinajstić information content (AvgIpc) is 2.46. The molecule has 0 bridgehead atoms. The first kappa shape index (κ1) is 21.6. The van der Waals surface area contributed by atoms with E-state index < -0.39 is 6.10 Å². The molecule has 0 aromatic carbocycles. The van der Waals surface area contributed by atoms with Crippen LogP contribution in [0.1, 0.15) is 65.7 Å². The number of aliphatic hydroxyl groups is 3. The normalized spacial score (nSPS) is 11.8. The van der Waals surface area contributed by atoms with Gasteiger partial charge in [-0.05, 0) is 19.8 Å². The number of ether oxygens (including phenoxy) is 1. The largest absolute Gasteiger partial charge is 0.463 e. The fourth-order valence-electron chi connectivity index (χ4n) is 1.30. The third-order valence-electron chi connectivity index (χ3n) is 2.81. The van der Waals surface area contributed by atoms with Crippen molar-refractivity contribution in [2.75, 3.05) is 13.2 Å². The van der Waals surface area contributed by atoms with Crippen LogP contribution in [0.5, 0.6) is 0 Å². The molecule has 0 aromatic heterocycles. The van der Waals surface area contributed by atoms with Crippen LogP contribution >= 0.6 is 0 Å². The maximum Gasteiger partial charge on any atom is 0.306 e. The van der Waals surface area contributed by atoms with E-state index in [9.17, 15) is 4.79 Å². The molecule has 0 saturated heterocycles. The Morgan fingerprint density at radius 3 is 2.00 bits per heavy atom. The van der Waals surface area contributed by atoms with Crippen LogP contribution in [-0.2, 0) is 9.53 Å². The van der Waals surface area contributed by atoms with Crippen LogP contribution in [0.3, 0.4) is 0 Å². The minimum absolute atomic E-state index is 0.0316. The van der Waals surface area contributed by atoms with Crippen molar-refractivity contribution in [3.8, 4) is 0 Å². The van der Waals surface area contributed by atoms with E-state index in [1.165, 1.54) is 19.3 Å². The predicted octanol–water partition coefficient (Wildman–Crippen LogP) is 2.02. The minimum Gasteiger partial charge on any atom is -0.463 e. The summed E-state index contributed by atoms with van der Waals surface area (Å²) in [4.78, 5) is 11.2. The Morgan fingerprint density at radius 2 is 1.60 bits per heavy atom. The summed E-state index contributed by atoms with van der Waals surface area (Å²) in [5, 5.41) is 24.0. The van der Waals surface area contributed by atoms with Gasteiger partial charge in [-0.2, -0.15) is 0 Å². The molecule has 1 atom stereocenters. The molecular weight excluding hydrogens is 260 g/mol. The molecule has 0 aliphatic carbocycles. The molecule has 3 N–H and O–H groups in total. The molecule has 0 saturated carbocycles. The van der Waals surface area contributed by atoms with Gasteiger partial charge in [-0.25, -0.2) is 0 Å². The molecule has 0 spiro atoms. The quantitative estimate of drug-likeness (QED) is 0.423. The highest BCUT2D eigenvalue weighted by Crippen LogP contribution is 2.07. The van der Waals surface area contributed by atoms with Crippen LogP contribution in [-0.4, -0.2) is 46.7 Å². The lowest BCUT2D eigenvalue weighted by atomic mass is 10.1. The van der Waals surface area contributed by atoms with Crippen LogP contribution in [0.15, 0.2) is 0 Å². The Kier molecular flexibility index (Phi) is 17.8. The number of unbranched alkanes of at least 4 members (excludes halogenated alkanes) is 4. The van der Waals surface area contributed by atoms with Gasteiger partial charge in [0.25, 0.3) is 0 Å². The summed E-state index contributed by atoms with van der Waals surface area (Å²) >= 11 is 0. The Labute approximate surface area is 123 Å². The van der Waals surface area contributed by atoms with E-state index in [2.05, 4.69) is 6.92 Å². The van der Waals surface area contributed by atoms with Crippen molar-refractivity contribution in [2.24, 2.45) is 0 Å². The minimum atomic E-state index is -0.954. The van der Waals surface area contributed by atoms with Gasteiger partial charge in [-0.3, -0.25) is 4.79 Å². The maximum atomic E-state index is 11.2. The van der Waals surface area contributed by atoms with Crippen molar-refractivity contribution in [2.45, 2.75) is 77.9 Å². The first-order valence-electron chi connectivity index (χ1n) is 7.60. The van der Waals surface area contributed by atoms with Crippen molar-refractivity contribution >= 4 is 5.97 Å². The summed E-state index contributed by atoms with van der Waals surface area (Å²) in [6.07, 6.45) is 6.53. The van der Waals surface area contributed by atoms with E-state index in [-0.39, 0.29) is 25.3 Å². The molecule has 5 nitrogen and oxygen atoms in total. The first-order valence-corrected chi connectivity index (χ1v) is 7.60. The van der Waals surface area contributed by atoms with Gasteiger partial charge in [0.2, 0.25) is 0 Å². The number of esters is 1. The molecule has 122 valence electrons. The van der Waals surface area contributed by atoms with Gasteiger partial charge in [-0.15, -0.1) is 0 Å². The van der Waals surface area contributed by atoms with Gasteiger partial charge < -0.3 is 20.1 Å². The zero-order chi connectivity index (χ0) is 15.8. The predicted molar refractivity (Wildman–Crippen MR) is 79.4 cm³/mol. The lowest BCUT2D eigenvalue weighted by Gasteiger charge is -2.10. The number of hydrogen-bond donors (Lipinski definition) is 3. The zero-order valence-electron chi connectivity index (χ0n) is 13.2. The molecule has 0 aromatic rings. The SMILES string of the molecule is CCCCCCCC(=O)OC(C)CC.OCC(O)CO. The molecule has 0 heterocycles. The lowest BCUT2D eigenvalue weighted by Crippen LogP contribution is -2.15. The first-order chi connectivity index (χ1) is 9.51. The fraction of sp³-hybridized carbons (Fsp3) is 0.933. The monoisotopic (exact) mass is 292 g/mol. The zero-order valence-corrected chi connectivity index (χ0v) is 13.2. The summed E-state index contributed by atoms with van der Waals surface area (Å²) in [6.45, 7) is 5.43. The molecular formula is C15H32O5. The summed E-state index contributed by atoms with van der Waals surface area (Å²) in [7, 11) is 0. The second-order valence-corrected chi connectivity index (χ2v) is 4.89. The standard InChI is InChI=1S/C12H24O2.C3H8O3/c1-4-6-7-8-9-10-12(13)14-11(3)5-2;4-1-3(6)2-5/h11H,4-10H2,1-3H3;3-6H,1-2H2. The number of carbonyl (C=O) groups is 1. The number of aliphatic hydroxyl groups excluding tert-OH is 3. The highest BCUT2D eigenvalue weighted by molar-refractivity contribution is 5.69. The summed E-state index contributed by atoms with van der Waals surface area (Å²) in [5.41, 5.74) is 0. The van der Waals surface area contributed by atoms with Crippen molar-refractivity contribution in [1.82, 2.24) is 0 Å². The second-order valence-electron chi connectivity index (χ2n) is 4.89. The topological polar surface area (TPSA) is 87.0 Å².